The molecule has 0 saturated carbocycles. The first-order valence-electron chi connectivity index (χ1n) is 5.70. The molecule has 1 heterocycles. The van der Waals surface area contributed by atoms with Crippen molar-refractivity contribution in [1.82, 2.24) is 9.78 Å². The molecule has 0 saturated heterocycles. The SMILES string of the molecule is Cc1ccccc1NCC(O)Cn1cccn1. The summed E-state index contributed by atoms with van der Waals surface area (Å²) in [6.07, 6.45) is 3.10. The lowest BCUT2D eigenvalue weighted by atomic mass is 10.2. The molecule has 90 valence electrons. The Labute approximate surface area is 101 Å². The first-order valence-corrected chi connectivity index (χ1v) is 5.70. The number of aromatic nitrogens is 2. The number of aliphatic hydroxyl groups excluding tert-OH is 1. The number of aryl methyl sites for hydroxylation is 1. The van der Waals surface area contributed by atoms with Crippen molar-refractivity contribution in [2.45, 2.75) is 19.6 Å². The van der Waals surface area contributed by atoms with Gasteiger partial charge in [0.15, 0.2) is 0 Å². The predicted octanol–water partition coefficient (Wildman–Crippen LogP) is 1.66. The molecule has 4 heteroatoms. The largest absolute Gasteiger partial charge is 0.389 e. The van der Waals surface area contributed by atoms with Gasteiger partial charge in [0.2, 0.25) is 0 Å². The van der Waals surface area contributed by atoms with E-state index >= 15 is 0 Å². The minimum absolute atomic E-state index is 0.450. The van der Waals surface area contributed by atoms with E-state index in [0.717, 1.165) is 5.69 Å². The molecule has 1 atom stereocenters. The summed E-state index contributed by atoms with van der Waals surface area (Å²) in [5.41, 5.74) is 2.24. The fraction of sp³-hybridized carbons (Fsp3) is 0.308. The van der Waals surface area contributed by atoms with E-state index in [1.54, 1.807) is 10.9 Å². The minimum Gasteiger partial charge on any atom is -0.389 e. The van der Waals surface area contributed by atoms with Crippen LogP contribution in [-0.2, 0) is 6.54 Å². The quantitative estimate of drug-likeness (QED) is 0.823. The number of hydrogen-bond acceptors (Lipinski definition) is 3. The Balaban J connectivity index is 1.84. The molecule has 0 aliphatic heterocycles. The summed E-state index contributed by atoms with van der Waals surface area (Å²) < 4.78 is 1.73. The van der Waals surface area contributed by atoms with Crippen LogP contribution >= 0.6 is 0 Å². The number of nitrogens with one attached hydrogen (secondary N) is 1. The average molecular weight is 231 g/mol. The summed E-state index contributed by atoms with van der Waals surface area (Å²) in [4.78, 5) is 0. The van der Waals surface area contributed by atoms with E-state index in [0.29, 0.717) is 13.1 Å². The van der Waals surface area contributed by atoms with Crippen LogP contribution in [0.4, 0.5) is 5.69 Å². The summed E-state index contributed by atoms with van der Waals surface area (Å²) in [5.74, 6) is 0. The lowest BCUT2D eigenvalue weighted by Crippen LogP contribution is -2.25. The van der Waals surface area contributed by atoms with Gasteiger partial charge >= 0.3 is 0 Å². The summed E-state index contributed by atoms with van der Waals surface area (Å²) in [5, 5.41) is 17.1. The summed E-state index contributed by atoms with van der Waals surface area (Å²) in [6, 6.07) is 9.88. The molecule has 0 aliphatic carbocycles. The molecule has 0 spiro atoms. The van der Waals surface area contributed by atoms with Gasteiger partial charge in [-0.05, 0) is 24.6 Å². The van der Waals surface area contributed by atoms with Gasteiger partial charge in [-0.3, -0.25) is 4.68 Å². The van der Waals surface area contributed by atoms with E-state index in [1.807, 2.05) is 43.5 Å². The van der Waals surface area contributed by atoms with Gasteiger partial charge in [-0.15, -0.1) is 0 Å². The first kappa shape index (κ1) is 11.7. The van der Waals surface area contributed by atoms with Gasteiger partial charge in [-0.2, -0.15) is 5.10 Å². The molecule has 0 fully saturated rings. The van der Waals surface area contributed by atoms with Crippen molar-refractivity contribution in [2.24, 2.45) is 0 Å². The molecule has 2 rings (SSSR count). The van der Waals surface area contributed by atoms with Gasteiger partial charge in [-0.1, -0.05) is 18.2 Å². The third-order valence-electron chi connectivity index (χ3n) is 2.63. The van der Waals surface area contributed by atoms with Gasteiger partial charge < -0.3 is 10.4 Å². The maximum absolute atomic E-state index is 9.85. The van der Waals surface area contributed by atoms with Crippen LogP contribution in [0.1, 0.15) is 5.56 Å². The van der Waals surface area contributed by atoms with Crippen LogP contribution in [0.15, 0.2) is 42.7 Å². The number of para-hydroxylation sites is 1. The highest BCUT2D eigenvalue weighted by atomic mass is 16.3. The second-order valence-electron chi connectivity index (χ2n) is 4.08. The van der Waals surface area contributed by atoms with E-state index in [4.69, 9.17) is 0 Å². The zero-order chi connectivity index (χ0) is 12.1. The molecule has 0 radical (unpaired) electrons. The Morgan fingerprint density at radius 3 is 2.88 bits per heavy atom. The molecule has 1 unspecified atom stereocenters. The van der Waals surface area contributed by atoms with Gasteiger partial charge in [0.25, 0.3) is 0 Å². The lowest BCUT2D eigenvalue weighted by molar-refractivity contribution is 0.161. The van der Waals surface area contributed by atoms with E-state index in [2.05, 4.69) is 10.4 Å². The van der Waals surface area contributed by atoms with Crippen molar-refractivity contribution in [3.8, 4) is 0 Å². The zero-order valence-electron chi connectivity index (χ0n) is 9.87. The number of nitrogens with zero attached hydrogens (tertiary/aromatic N) is 2. The summed E-state index contributed by atoms with van der Waals surface area (Å²) >= 11 is 0. The number of hydrogen-bond donors (Lipinski definition) is 2. The molecule has 1 aromatic heterocycles. The highest BCUT2D eigenvalue weighted by Gasteiger charge is 2.05. The van der Waals surface area contributed by atoms with Crippen molar-refractivity contribution in [2.75, 3.05) is 11.9 Å². The number of aliphatic hydroxyl groups is 1. The highest BCUT2D eigenvalue weighted by molar-refractivity contribution is 5.50. The van der Waals surface area contributed by atoms with E-state index < -0.39 is 6.10 Å². The van der Waals surface area contributed by atoms with Crippen LogP contribution in [-0.4, -0.2) is 27.5 Å². The average Bonchev–Trinajstić information content (AvgIpc) is 2.81. The van der Waals surface area contributed by atoms with Crippen LogP contribution < -0.4 is 5.32 Å². The maximum Gasteiger partial charge on any atom is 0.0907 e. The zero-order valence-corrected chi connectivity index (χ0v) is 9.87. The Kier molecular flexibility index (Phi) is 3.77. The van der Waals surface area contributed by atoms with Crippen LogP contribution in [0.2, 0.25) is 0 Å². The molecule has 0 bridgehead atoms. The Bertz CT molecular complexity index is 453. The molecular weight excluding hydrogens is 214 g/mol. The molecule has 0 amide bonds. The molecular formula is C13H17N3O. The van der Waals surface area contributed by atoms with E-state index in [9.17, 15) is 5.11 Å². The number of anilines is 1. The Morgan fingerprint density at radius 1 is 1.35 bits per heavy atom. The molecule has 4 nitrogen and oxygen atoms in total. The minimum atomic E-state index is -0.450. The van der Waals surface area contributed by atoms with Crippen LogP contribution in [0.5, 0.6) is 0 Å². The molecule has 2 aromatic rings. The monoisotopic (exact) mass is 231 g/mol. The van der Waals surface area contributed by atoms with E-state index in [1.165, 1.54) is 5.56 Å². The van der Waals surface area contributed by atoms with Gasteiger partial charge in [0.1, 0.15) is 0 Å². The summed E-state index contributed by atoms with van der Waals surface area (Å²) in [7, 11) is 0. The fourth-order valence-electron chi connectivity index (χ4n) is 1.69. The summed E-state index contributed by atoms with van der Waals surface area (Å²) in [6.45, 7) is 3.07. The normalized spacial score (nSPS) is 12.4. The second kappa shape index (κ2) is 5.50. The topological polar surface area (TPSA) is 50.1 Å². The first-order chi connectivity index (χ1) is 8.25. The second-order valence-corrected chi connectivity index (χ2v) is 4.08. The molecule has 1 aromatic carbocycles. The molecule has 0 aliphatic rings. The number of rotatable bonds is 5. The third kappa shape index (κ3) is 3.32. The van der Waals surface area contributed by atoms with Crippen molar-refractivity contribution >= 4 is 5.69 Å². The smallest absolute Gasteiger partial charge is 0.0907 e. The Hall–Kier alpha value is -1.81. The van der Waals surface area contributed by atoms with Crippen molar-refractivity contribution in [1.29, 1.82) is 0 Å². The predicted molar refractivity (Wildman–Crippen MR) is 67.9 cm³/mol. The van der Waals surface area contributed by atoms with E-state index in [-0.39, 0.29) is 0 Å². The molecule has 17 heavy (non-hydrogen) atoms. The van der Waals surface area contributed by atoms with Gasteiger partial charge in [-0.25, -0.2) is 0 Å². The van der Waals surface area contributed by atoms with Gasteiger partial charge in [0, 0.05) is 24.6 Å². The van der Waals surface area contributed by atoms with Gasteiger partial charge in [0.05, 0.1) is 12.6 Å². The van der Waals surface area contributed by atoms with Crippen LogP contribution in [0.25, 0.3) is 0 Å². The highest BCUT2D eigenvalue weighted by Crippen LogP contribution is 2.12. The van der Waals surface area contributed by atoms with Crippen molar-refractivity contribution in [3.05, 3.63) is 48.3 Å². The van der Waals surface area contributed by atoms with Crippen molar-refractivity contribution in [3.63, 3.8) is 0 Å². The van der Waals surface area contributed by atoms with Crippen LogP contribution in [0.3, 0.4) is 0 Å². The fourth-order valence-corrected chi connectivity index (χ4v) is 1.69. The lowest BCUT2D eigenvalue weighted by Gasteiger charge is -2.14. The maximum atomic E-state index is 9.85. The standard InChI is InChI=1S/C13H17N3O/c1-11-5-2-3-6-13(11)14-9-12(17)10-16-8-4-7-15-16/h2-8,12,14,17H,9-10H2,1H3. The van der Waals surface area contributed by atoms with Crippen molar-refractivity contribution < 1.29 is 5.11 Å². The third-order valence-corrected chi connectivity index (χ3v) is 2.63. The Morgan fingerprint density at radius 2 is 2.18 bits per heavy atom. The molecule has 2 N–H and O–H groups in total. The van der Waals surface area contributed by atoms with Crippen LogP contribution in [0, 0.1) is 6.92 Å². The number of benzene rings is 1.